The van der Waals surface area contributed by atoms with Crippen molar-refractivity contribution >= 4 is 21.5 Å². The van der Waals surface area contributed by atoms with Gasteiger partial charge in [0.05, 0.1) is 5.69 Å². The van der Waals surface area contributed by atoms with Gasteiger partial charge in [0.1, 0.15) is 0 Å². The van der Waals surface area contributed by atoms with Gasteiger partial charge in [0, 0.05) is 22.6 Å². The predicted molar refractivity (Wildman–Crippen MR) is 157 cm³/mol. The van der Waals surface area contributed by atoms with E-state index in [2.05, 4.69) is 123 Å². The van der Waals surface area contributed by atoms with Crippen LogP contribution < -0.4 is 0 Å². The monoisotopic (exact) mass is 475 g/mol. The molecule has 178 valence electrons. The van der Waals surface area contributed by atoms with Crippen LogP contribution in [0.25, 0.3) is 55.1 Å². The largest absolute Gasteiger partial charge is 0.256 e. The van der Waals surface area contributed by atoms with E-state index in [1.807, 2.05) is 6.20 Å². The van der Waals surface area contributed by atoms with Crippen LogP contribution in [0.4, 0.5) is 0 Å². The lowest BCUT2D eigenvalue weighted by Crippen LogP contribution is -2.23. The molecule has 1 aromatic heterocycles. The van der Waals surface area contributed by atoms with Crippen LogP contribution in [0.15, 0.2) is 115 Å². The third-order valence-electron chi connectivity index (χ3n) is 8.64. The van der Waals surface area contributed by atoms with Crippen LogP contribution in [0.5, 0.6) is 0 Å². The molecule has 0 spiro atoms. The quantitative estimate of drug-likeness (QED) is 0.231. The van der Waals surface area contributed by atoms with Crippen molar-refractivity contribution in [3.8, 4) is 33.5 Å². The summed E-state index contributed by atoms with van der Waals surface area (Å²) in [5, 5.41) is 4.98. The van der Waals surface area contributed by atoms with E-state index in [0.717, 1.165) is 24.1 Å². The van der Waals surface area contributed by atoms with Crippen molar-refractivity contribution in [1.29, 1.82) is 0 Å². The van der Waals surface area contributed by atoms with Crippen molar-refractivity contribution in [2.75, 3.05) is 0 Å². The van der Waals surface area contributed by atoms with Crippen LogP contribution in [0.2, 0.25) is 0 Å². The fourth-order valence-electron chi connectivity index (χ4n) is 6.63. The van der Waals surface area contributed by atoms with Gasteiger partial charge < -0.3 is 0 Å². The van der Waals surface area contributed by atoms with Crippen LogP contribution >= 0.6 is 0 Å². The van der Waals surface area contributed by atoms with Gasteiger partial charge in [-0.3, -0.25) is 4.98 Å². The van der Waals surface area contributed by atoms with Gasteiger partial charge in [-0.2, -0.15) is 0 Å². The molecule has 1 aliphatic rings. The second kappa shape index (κ2) is 8.42. The number of hydrogen-bond donors (Lipinski definition) is 0. The van der Waals surface area contributed by atoms with E-state index in [0.29, 0.717) is 0 Å². The Hall–Kier alpha value is -4.23. The summed E-state index contributed by atoms with van der Waals surface area (Å²) in [6.45, 7) is 4.66. The molecule has 0 N–H and O–H groups in total. The molecule has 0 bridgehead atoms. The molecule has 1 nitrogen and oxygen atoms in total. The zero-order valence-electron chi connectivity index (χ0n) is 21.3. The van der Waals surface area contributed by atoms with Crippen LogP contribution in [-0.4, -0.2) is 4.98 Å². The van der Waals surface area contributed by atoms with E-state index in [9.17, 15) is 0 Å². The van der Waals surface area contributed by atoms with Crippen LogP contribution in [0.1, 0.15) is 37.8 Å². The van der Waals surface area contributed by atoms with Gasteiger partial charge in [0.25, 0.3) is 0 Å². The molecule has 0 unspecified atom stereocenters. The van der Waals surface area contributed by atoms with Gasteiger partial charge in [0.2, 0.25) is 0 Å². The van der Waals surface area contributed by atoms with E-state index < -0.39 is 0 Å². The zero-order chi connectivity index (χ0) is 25.0. The molecule has 5 aromatic carbocycles. The summed E-state index contributed by atoms with van der Waals surface area (Å²) in [7, 11) is 0. The first-order valence-electron chi connectivity index (χ1n) is 13.3. The average molecular weight is 476 g/mol. The molecule has 0 saturated heterocycles. The standard InChI is InChI=1S/C36H29N/c1-3-36(4-2)33-12-8-7-11-30(33)31-19-18-27(23-34(31)36)24-13-15-26(16-14-24)35-32-20-17-25-9-5-6-10-28(25)29(32)21-22-37-35/h5-23H,3-4H2,1-2H3. The first-order chi connectivity index (χ1) is 18.2. The lowest BCUT2D eigenvalue weighted by atomic mass is 9.73. The maximum absolute atomic E-state index is 4.80. The molecule has 0 radical (unpaired) electrons. The second-order valence-electron chi connectivity index (χ2n) is 10.2. The van der Waals surface area contributed by atoms with Gasteiger partial charge in [-0.25, -0.2) is 0 Å². The Morgan fingerprint density at radius 3 is 2.08 bits per heavy atom. The smallest absolute Gasteiger partial charge is 0.0780 e. The summed E-state index contributed by atoms with van der Waals surface area (Å²) < 4.78 is 0. The van der Waals surface area contributed by atoms with E-state index in [1.54, 1.807) is 0 Å². The van der Waals surface area contributed by atoms with Gasteiger partial charge in [-0.05, 0) is 74.5 Å². The molecule has 0 atom stereocenters. The number of benzene rings is 5. The summed E-state index contributed by atoms with van der Waals surface area (Å²) in [5.74, 6) is 0. The Kier molecular flexibility index (Phi) is 5.01. The zero-order valence-corrected chi connectivity index (χ0v) is 21.3. The molecular weight excluding hydrogens is 446 g/mol. The first-order valence-corrected chi connectivity index (χ1v) is 13.3. The first kappa shape index (κ1) is 22.0. The van der Waals surface area contributed by atoms with E-state index >= 15 is 0 Å². The normalized spacial score (nSPS) is 13.6. The molecule has 37 heavy (non-hydrogen) atoms. The third kappa shape index (κ3) is 3.20. The highest BCUT2D eigenvalue weighted by Gasteiger charge is 2.40. The Labute approximate surface area is 218 Å². The van der Waals surface area contributed by atoms with E-state index in [1.165, 1.54) is 54.9 Å². The van der Waals surface area contributed by atoms with Crippen LogP contribution in [-0.2, 0) is 5.41 Å². The summed E-state index contributed by atoms with van der Waals surface area (Å²) in [5.41, 5.74) is 10.6. The summed E-state index contributed by atoms with van der Waals surface area (Å²) in [6.07, 6.45) is 4.15. The topological polar surface area (TPSA) is 12.9 Å². The van der Waals surface area contributed by atoms with Gasteiger partial charge in [-0.1, -0.05) is 111 Å². The molecule has 0 fully saturated rings. The number of hydrogen-bond acceptors (Lipinski definition) is 1. The number of nitrogens with zero attached hydrogens (tertiary/aromatic N) is 1. The Morgan fingerprint density at radius 2 is 1.24 bits per heavy atom. The van der Waals surface area contributed by atoms with Crippen LogP contribution in [0, 0.1) is 0 Å². The van der Waals surface area contributed by atoms with Gasteiger partial charge in [-0.15, -0.1) is 0 Å². The van der Waals surface area contributed by atoms with Crippen molar-refractivity contribution in [2.45, 2.75) is 32.1 Å². The minimum Gasteiger partial charge on any atom is -0.256 e. The van der Waals surface area contributed by atoms with Crippen molar-refractivity contribution in [3.05, 3.63) is 127 Å². The highest BCUT2D eigenvalue weighted by Crippen LogP contribution is 2.53. The van der Waals surface area contributed by atoms with E-state index in [4.69, 9.17) is 4.98 Å². The number of pyridine rings is 1. The van der Waals surface area contributed by atoms with Crippen molar-refractivity contribution < 1.29 is 0 Å². The number of fused-ring (bicyclic) bond motifs is 6. The molecule has 6 aromatic rings. The van der Waals surface area contributed by atoms with Crippen molar-refractivity contribution in [1.82, 2.24) is 4.98 Å². The predicted octanol–water partition coefficient (Wildman–Crippen LogP) is 9.81. The summed E-state index contributed by atoms with van der Waals surface area (Å²) in [4.78, 5) is 4.80. The Bertz CT molecular complexity index is 1790. The minimum absolute atomic E-state index is 0.0948. The second-order valence-corrected chi connectivity index (χ2v) is 10.2. The fourth-order valence-corrected chi connectivity index (χ4v) is 6.63. The molecule has 0 aliphatic heterocycles. The third-order valence-corrected chi connectivity index (χ3v) is 8.64. The van der Waals surface area contributed by atoms with E-state index in [-0.39, 0.29) is 5.41 Å². The maximum Gasteiger partial charge on any atom is 0.0780 e. The lowest BCUT2D eigenvalue weighted by Gasteiger charge is -2.30. The van der Waals surface area contributed by atoms with Crippen molar-refractivity contribution in [3.63, 3.8) is 0 Å². The highest BCUT2D eigenvalue weighted by molar-refractivity contribution is 6.11. The summed E-state index contributed by atoms with van der Waals surface area (Å²) >= 11 is 0. The molecule has 0 saturated carbocycles. The average Bonchev–Trinajstić information content (AvgIpc) is 3.26. The minimum atomic E-state index is 0.0948. The van der Waals surface area contributed by atoms with Crippen LogP contribution in [0.3, 0.4) is 0 Å². The fraction of sp³-hybridized carbons (Fsp3) is 0.139. The lowest BCUT2D eigenvalue weighted by molar-refractivity contribution is 0.490. The summed E-state index contributed by atoms with van der Waals surface area (Å²) in [6, 6.07) is 40.1. The SMILES string of the molecule is CCC1(CC)c2ccccc2-c2ccc(-c3ccc(-c4nccc5c4ccc4ccccc45)cc3)cc21. The molecular formula is C36H29N. The van der Waals surface area contributed by atoms with Gasteiger partial charge >= 0.3 is 0 Å². The number of rotatable bonds is 4. The molecule has 1 heteroatoms. The molecule has 1 aliphatic carbocycles. The maximum atomic E-state index is 4.80. The van der Waals surface area contributed by atoms with Gasteiger partial charge in [0.15, 0.2) is 0 Å². The number of aromatic nitrogens is 1. The molecule has 1 heterocycles. The highest BCUT2D eigenvalue weighted by atomic mass is 14.7. The molecule has 7 rings (SSSR count). The Morgan fingerprint density at radius 1 is 0.541 bits per heavy atom. The molecule has 0 amide bonds. The Balaban J connectivity index is 1.31. The van der Waals surface area contributed by atoms with Crippen molar-refractivity contribution in [2.24, 2.45) is 0 Å².